The molecule has 0 aliphatic rings. The van der Waals surface area contributed by atoms with Crippen LogP contribution in [0.1, 0.15) is 25.8 Å². The second-order valence-corrected chi connectivity index (χ2v) is 4.44. The number of benzene rings is 1. The Hall–Kier alpha value is -2.03. The Kier molecular flexibility index (Phi) is 4.78. The molecule has 0 spiro atoms. The number of aromatic nitrogens is 1. The maximum Gasteiger partial charge on any atom is 0.147 e. The van der Waals surface area contributed by atoms with Crippen LogP contribution < -0.4 is 10.1 Å². The van der Waals surface area contributed by atoms with Crippen LogP contribution in [0.2, 0.25) is 0 Å². The summed E-state index contributed by atoms with van der Waals surface area (Å²) in [4.78, 5) is 4.18. The SMILES string of the molecule is CCCNc1cncc(Oc2ccc(CC)cc2)c1. The van der Waals surface area contributed by atoms with Crippen LogP contribution in [0, 0.1) is 0 Å². The van der Waals surface area contributed by atoms with Crippen molar-refractivity contribution in [2.45, 2.75) is 26.7 Å². The first-order chi connectivity index (χ1) is 9.31. The maximum absolute atomic E-state index is 5.80. The molecule has 0 aliphatic heterocycles. The van der Waals surface area contributed by atoms with E-state index in [2.05, 4.69) is 36.3 Å². The number of rotatable bonds is 6. The summed E-state index contributed by atoms with van der Waals surface area (Å²) in [6.45, 7) is 5.22. The molecule has 2 rings (SSSR count). The van der Waals surface area contributed by atoms with Gasteiger partial charge in [-0.1, -0.05) is 26.0 Å². The Morgan fingerprint density at radius 1 is 1.05 bits per heavy atom. The van der Waals surface area contributed by atoms with E-state index >= 15 is 0 Å². The van der Waals surface area contributed by atoms with Gasteiger partial charge < -0.3 is 10.1 Å². The maximum atomic E-state index is 5.80. The number of nitrogens with zero attached hydrogens (tertiary/aromatic N) is 1. The fraction of sp³-hybridized carbons (Fsp3) is 0.312. The average molecular weight is 256 g/mol. The zero-order chi connectivity index (χ0) is 13.5. The molecule has 0 fully saturated rings. The van der Waals surface area contributed by atoms with Crippen molar-refractivity contribution in [2.75, 3.05) is 11.9 Å². The van der Waals surface area contributed by atoms with Gasteiger partial charge in [0.2, 0.25) is 0 Å². The Balaban J connectivity index is 2.05. The van der Waals surface area contributed by atoms with E-state index in [0.29, 0.717) is 0 Å². The highest BCUT2D eigenvalue weighted by atomic mass is 16.5. The van der Waals surface area contributed by atoms with Crippen LogP contribution in [0.4, 0.5) is 5.69 Å². The normalized spacial score (nSPS) is 10.2. The predicted molar refractivity (Wildman–Crippen MR) is 78.9 cm³/mol. The Bertz CT molecular complexity index is 508. The van der Waals surface area contributed by atoms with Gasteiger partial charge in [-0.25, -0.2) is 0 Å². The molecule has 2 aromatic rings. The van der Waals surface area contributed by atoms with Gasteiger partial charge in [0.15, 0.2) is 0 Å². The fourth-order valence-electron chi connectivity index (χ4n) is 1.77. The molecule has 0 saturated heterocycles. The highest BCUT2D eigenvalue weighted by Crippen LogP contribution is 2.23. The van der Waals surface area contributed by atoms with E-state index in [9.17, 15) is 0 Å². The molecule has 0 bridgehead atoms. The third kappa shape index (κ3) is 3.98. The van der Waals surface area contributed by atoms with E-state index in [1.165, 1.54) is 5.56 Å². The van der Waals surface area contributed by atoms with Crippen LogP contribution in [0.15, 0.2) is 42.7 Å². The van der Waals surface area contributed by atoms with E-state index in [4.69, 9.17) is 4.74 Å². The van der Waals surface area contributed by atoms with E-state index in [-0.39, 0.29) is 0 Å². The molecular formula is C16H20N2O. The van der Waals surface area contributed by atoms with Gasteiger partial charge >= 0.3 is 0 Å². The van der Waals surface area contributed by atoms with Gasteiger partial charge in [-0.15, -0.1) is 0 Å². The van der Waals surface area contributed by atoms with Crippen LogP contribution in [-0.4, -0.2) is 11.5 Å². The summed E-state index contributed by atoms with van der Waals surface area (Å²) < 4.78 is 5.80. The molecule has 1 N–H and O–H groups in total. The smallest absolute Gasteiger partial charge is 0.147 e. The van der Waals surface area contributed by atoms with Crippen molar-refractivity contribution < 1.29 is 4.74 Å². The molecule has 0 unspecified atom stereocenters. The molecule has 1 heterocycles. The number of aryl methyl sites for hydroxylation is 1. The highest BCUT2D eigenvalue weighted by Gasteiger charge is 2.00. The highest BCUT2D eigenvalue weighted by molar-refractivity contribution is 5.46. The van der Waals surface area contributed by atoms with Crippen LogP contribution in [-0.2, 0) is 6.42 Å². The number of pyridine rings is 1. The minimum atomic E-state index is 0.755. The number of hydrogen-bond acceptors (Lipinski definition) is 3. The molecular weight excluding hydrogens is 236 g/mol. The molecule has 19 heavy (non-hydrogen) atoms. The third-order valence-electron chi connectivity index (χ3n) is 2.86. The topological polar surface area (TPSA) is 34.2 Å². The Labute approximate surface area is 114 Å². The van der Waals surface area contributed by atoms with Crippen LogP contribution in [0.5, 0.6) is 11.5 Å². The molecule has 0 amide bonds. The predicted octanol–water partition coefficient (Wildman–Crippen LogP) is 4.26. The standard InChI is InChI=1S/C16H20N2O/c1-3-9-18-14-10-16(12-17-11-14)19-15-7-5-13(4-2)6-8-15/h5-8,10-12,18H,3-4,9H2,1-2H3. The van der Waals surface area contributed by atoms with Crippen molar-refractivity contribution in [3.05, 3.63) is 48.3 Å². The summed E-state index contributed by atoms with van der Waals surface area (Å²) in [6, 6.07) is 10.1. The molecule has 100 valence electrons. The largest absolute Gasteiger partial charge is 0.456 e. The first-order valence-corrected chi connectivity index (χ1v) is 6.77. The minimum absolute atomic E-state index is 0.755. The fourth-order valence-corrected chi connectivity index (χ4v) is 1.77. The lowest BCUT2D eigenvalue weighted by Gasteiger charge is -2.08. The van der Waals surface area contributed by atoms with Crippen molar-refractivity contribution in [1.29, 1.82) is 0 Å². The summed E-state index contributed by atoms with van der Waals surface area (Å²) in [6.07, 6.45) is 5.66. The summed E-state index contributed by atoms with van der Waals surface area (Å²) >= 11 is 0. The van der Waals surface area contributed by atoms with Crippen molar-refractivity contribution in [1.82, 2.24) is 4.98 Å². The number of anilines is 1. The monoisotopic (exact) mass is 256 g/mol. The molecule has 0 aliphatic carbocycles. The summed E-state index contributed by atoms with van der Waals surface area (Å²) in [5.74, 6) is 1.59. The molecule has 1 aromatic heterocycles. The van der Waals surface area contributed by atoms with Crippen molar-refractivity contribution >= 4 is 5.69 Å². The molecule has 1 aromatic carbocycles. The van der Waals surface area contributed by atoms with Gasteiger partial charge in [-0.05, 0) is 30.5 Å². The zero-order valence-electron chi connectivity index (χ0n) is 11.5. The molecule has 0 radical (unpaired) electrons. The molecule has 3 nitrogen and oxygen atoms in total. The van der Waals surface area contributed by atoms with Gasteiger partial charge in [0.1, 0.15) is 11.5 Å². The Morgan fingerprint density at radius 2 is 1.84 bits per heavy atom. The van der Waals surface area contributed by atoms with Crippen LogP contribution in [0.3, 0.4) is 0 Å². The molecule has 3 heteroatoms. The van der Waals surface area contributed by atoms with Gasteiger partial charge in [0.05, 0.1) is 18.1 Å². The first-order valence-electron chi connectivity index (χ1n) is 6.77. The molecule has 0 saturated carbocycles. The van der Waals surface area contributed by atoms with Crippen molar-refractivity contribution in [3.63, 3.8) is 0 Å². The van der Waals surface area contributed by atoms with E-state index in [1.54, 1.807) is 6.20 Å². The summed E-state index contributed by atoms with van der Waals surface area (Å²) in [5.41, 5.74) is 2.30. The third-order valence-corrected chi connectivity index (χ3v) is 2.86. The van der Waals surface area contributed by atoms with E-state index in [1.807, 2.05) is 24.4 Å². The minimum Gasteiger partial charge on any atom is -0.456 e. The number of ether oxygens (including phenoxy) is 1. The van der Waals surface area contributed by atoms with E-state index in [0.717, 1.165) is 36.6 Å². The van der Waals surface area contributed by atoms with Gasteiger partial charge in [-0.2, -0.15) is 0 Å². The second-order valence-electron chi connectivity index (χ2n) is 4.44. The lowest BCUT2D eigenvalue weighted by atomic mass is 10.2. The average Bonchev–Trinajstić information content (AvgIpc) is 2.46. The lowest BCUT2D eigenvalue weighted by Crippen LogP contribution is -2.00. The zero-order valence-corrected chi connectivity index (χ0v) is 11.5. The number of nitrogens with one attached hydrogen (secondary N) is 1. The van der Waals surface area contributed by atoms with Crippen molar-refractivity contribution in [2.24, 2.45) is 0 Å². The quantitative estimate of drug-likeness (QED) is 0.838. The van der Waals surface area contributed by atoms with Gasteiger partial charge in [0, 0.05) is 12.6 Å². The van der Waals surface area contributed by atoms with Crippen LogP contribution >= 0.6 is 0 Å². The van der Waals surface area contributed by atoms with Gasteiger partial charge in [-0.3, -0.25) is 4.98 Å². The molecule has 0 atom stereocenters. The van der Waals surface area contributed by atoms with E-state index < -0.39 is 0 Å². The van der Waals surface area contributed by atoms with Gasteiger partial charge in [0.25, 0.3) is 0 Å². The second kappa shape index (κ2) is 6.78. The van der Waals surface area contributed by atoms with Crippen LogP contribution in [0.25, 0.3) is 0 Å². The summed E-state index contributed by atoms with van der Waals surface area (Å²) in [7, 11) is 0. The lowest BCUT2D eigenvalue weighted by molar-refractivity contribution is 0.480. The Morgan fingerprint density at radius 3 is 2.53 bits per heavy atom. The first kappa shape index (κ1) is 13.4. The summed E-state index contributed by atoms with van der Waals surface area (Å²) in [5, 5.41) is 3.30. The van der Waals surface area contributed by atoms with Crippen molar-refractivity contribution in [3.8, 4) is 11.5 Å². The number of hydrogen-bond donors (Lipinski definition) is 1.